The van der Waals surface area contributed by atoms with E-state index < -0.39 is 0 Å². The van der Waals surface area contributed by atoms with Gasteiger partial charge < -0.3 is 10.5 Å². The molecular weight excluding hydrogens is 246 g/mol. The van der Waals surface area contributed by atoms with Gasteiger partial charge in [0.2, 0.25) is 0 Å². The topological polar surface area (TPSA) is 35.2 Å². The second-order valence-electron chi connectivity index (χ2n) is 3.89. The molecule has 0 spiro atoms. The molecule has 0 radical (unpaired) electrons. The maximum Gasteiger partial charge on any atom is 0.158 e. The molecule has 2 rings (SSSR count). The third kappa shape index (κ3) is 2.34. The summed E-state index contributed by atoms with van der Waals surface area (Å²) in [5.74, 6) is 1.13. The Morgan fingerprint density at radius 3 is 2.67 bits per heavy atom. The van der Waals surface area contributed by atoms with Crippen LogP contribution in [0.15, 0.2) is 54.8 Å². The summed E-state index contributed by atoms with van der Waals surface area (Å²) < 4.78 is 5.69. The van der Waals surface area contributed by atoms with Gasteiger partial charge in [-0.3, -0.25) is 0 Å². The number of fused-ring (bicyclic) bond motifs is 1. The molecule has 0 heterocycles. The van der Waals surface area contributed by atoms with Gasteiger partial charge in [-0.25, -0.2) is 0 Å². The second-order valence-corrected chi connectivity index (χ2v) is 4.30. The highest BCUT2D eigenvalue weighted by Crippen LogP contribution is 2.37. The molecule has 0 bridgehead atoms. The Kier molecular flexibility index (Phi) is 3.58. The number of ether oxygens (including phenoxy) is 1. The molecular formula is C15H14ClNO. The van der Waals surface area contributed by atoms with E-state index in [1.165, 1.54) is 0 Å². The van der Waals surface area contributed by atoms with Gasteiger partial charge >= 0.3 is 0 Å². The van der Waals surface area contributed by atoms with Crippen molar-refractivity contribution < 1.29 is 4.74 Å². The van der Waals surface area contributed by atoms with Crippen LogP contribution in [-0.4, -0.2) is 0 Å². The van der Waals surface area contributed by atoms with Crippen LogP contribution in [0.5, 0.6) is 5.75 Å². The first-order valence-electron chi connectivity index (χ1n) is 5.59. The molecule has 0 unspecified atom stereocenters. The van der Waals surface area contributed by atoms with Crippen LogP contribution in [0.25, 0.3) is 10.8 Å². The number of allylic oxidation sites excluding steroid dienone is 2. The molecule has 0 saturated heterocycles. The van der Waals surface area contributed by atoms with Gasteiger partial charge in [-0.1, -0.05) is 48.5 Å². The zero-order chi connectivity index (χ0) is 13.1. The largest absolute Gasteiger partial charge is 0.455 e. The van der Waals surface area contributed by atoms with Crippen molar-refractivity contribution in [1.82, 2.24) is 0 Å². The van der Waals surface area contributed by atoms with Crippen LogP contribution in [0.4, 0.5) is 5.69 Å². The first-order valence-corrected chi connectivity index (χ1v) is 5.97. The lowest BCUT2D eigenvalue weighted by Gasteiger charge is -2.12. The Bertz CT molecular complexity index is 632. The standard InChI is InChI=1S/C15H14ClNO/c1-3-6-10(2)18-15-12-8-5-4-7-11(12)13(16)9-14(15)17/h3-9H,2,17H2,1H3/b6-3-. The molecule has 0 saturated carbocycles. The Hall–Kier alpha value is -1.93. The van der Waals surface area contributed by atoms with Crippen LogP contribution in [0.1, 0.15) is 6.92 Å². The van der Waals surface area contributed by atoms with Crippen molar-refractivity contribution in [2.45, 2.75) is 6.92 Å². The Morgan fingerprint density at radius 1 is 1.33 bits per heavy atom. The van der Waals surface area contributed by atoms with Gasteiger partial charge in [-0.15, -0.1) is 0 Å². The van der Waals surface area contributed by atoms with E-state index in [2.05, 4.69) is 6.58 Å². The van der Waals surface area contributed by atoms with Gasteiger partial charge in [0, 0.05) is 10.8 Å². The highest BCUT2D eigenvalue weighted by atomic mass is 35.5. The highest BCUT2D eigenvalue weighted by Gasteiger charge is 2.10. The Labute approximate surface area is 111 Å². The maximum absolute atomic E-state index is 6.16. The van der Waals surface area contributed by atoms with Gasteiger partial charge in [0.05, 0.1) is 10.7 Å². The molecule has 18 heavy (non-hydrogen) atoms. The summed E-state index contributed by atoms with van der Waals surface area (Å²) in [6.45, 7) is 5.71. The normalized spacial score (nSPS) is 11.0. The number of rotatable bonds is 3. The molecule has 0 aliphatic rings. The average Bonchev–Trinajstić information content (AvgIpc) is 2.35. The Morgan fingerprint density at radius 2 is 2.00 bits per heavy atom. The monoisotopic (exact) mass is 259 g/mol. The van der Waals surface area contributed by atoms with Crippen LogP contribution >= 0.6 is 11.6 Å². The van der Waals surface area contributed by atoms with E-state index >= 15 is 0 Å². The molecule has 92 valence electrons. The number of hydrogen-bond donors (Lipinski definition) is 1. The number of halogens is 1. The Balaban J connectivity index is 2.59. The minimum Gasteiger partial charge on any atom is -0.455 e. The third-order valence-electron chi connectivity index (χ3n) is 2.56. The van der Waals surface area contributed by atoms with Crippen molar-refractivity contribution in [2.24, 2.45) is 0 Å². The van der Waals surface area contributed by atoms with Crippen LogP contribution in [0, 0.1) is 0 Å². The molecule has 0 amide bonds. The van der Waals surface area contributed by atoms with Crippen LogP contribution in [0.3, 0.4) is 0 Å². The van der Waals surface area contributed by atoms with Crippen molar-refractivity contribution in [3.63, 3.8) is 0 Å². The summed E-state index contributed by atoms with van der Waals surface area (Å²) >= 11 is 6.16. The zero-order valence-electron chi connectivity index (χ0n) is 10.1. The van der Waals surface area contributed by atoms with E-state index in [0.29, 0.717) is 22.2 Å². The lowest BCUT2D eigenvalue weighted by Crippen LogP contribution is -1.97. The molecule has 2 nitrogen and oxygen atoms in total. The predicted octanol–water partition coefficient (Wildman–Crippen LogP) is 4.54. The van der Waals surface area contributed by atoms with E-state index in [-0.39, 0.29) is 0 Å². The van der Waals surface area contributed by atoms with Crippen molar-refractivity contribution >= 4 is 28.1 Å². The quantitative estimate of drug-likeness (QED) is 0.499. The van der Waals surface area contributed by atoms with E-state index in [0.717, 1.165) is 10.8 Å². The lowest BCUT2D eigenvalue weighted by molar-refractivity contribution is 0.454. The van der Waals surface area contributed by atoms with Crippen molar-refractivity contribution in [3.05, 3.63) is 59.8 Å². The molecule has 0 aromatic heterocycles. The number of anilines is 1. The van der Waals surface area contributed by atoms with Gasteiger partial charge in [-0.05, 0) is 19.1 Å². The first kappa shape index (κ1) is 12.5. The van der Waals surface area contributed by atoms with Crippen LogP contribution in [-0.2, 0) is 0 Å². The lowest BCUT2D eigenvalue weighted by atomic mass is 10.1. The van der Waals surface area contributed by atoms with E-state index in [9.17, 15) is 0 Å². The number of nitrogen functional groups attached to an aromatic ring is 1. The SMILES string of the molecule is C=C(/C=C\C)Oc1c(N)cc(Cl)c2ccccc12. The number of benzene rings is 2. The summed E-state index contributed by atoms with van der Waals surface area (Å²) in [7, 11) is 0. The molecule has 2 aromatic rings. The molecule has 2 aromatic carbocycles. The van der Waals surface area contributed by atoms with E-state index in [1.807, 2.05) is 37.3 Å². The molecule has 0 fully saturated rings. The van der Waals surface area contributed by atoms with Gasteiger partial charge in [0.25, 0.3) is 0 Å². The highest BCUT2D eigenvalue weighted by molar-refractivity contribution is 6.36. The van der Waals surface area contributed by atoms with Crippen molar-refractivity contribution in [3.8, 4) is 5.75 Å². The number of nitrogens with two attached hydrogens (primary N) is 1. The molecule has 0 aliphatic carbocycles. The van der Waals surface area contributed by atoms with Crippen LogP contribution < -0.4 is 10.5 Å². The summed E-state index contributed by atoms with van der Waals surface area (Å²) in [4.78, 5) is 0. The molecule has 2 N–H and O–H groups in total. The molecule has 0 aliphatic heterocycles. The fraction of sp³-hybridized carbons (Fsp3) is 0.0667. The maximum atomic E-state index is 6.16. The smallest absolute Gasteiger partial charge is 0.158 e. The minimum atomic E-state index is 0.504. The summed E-state index contributed by atoms with van der Waals surface area (Å²) in [6, 6.07) is 9.40. The second kappa shape index (κ2) is 5.15. The van der Waals surface area contributed by atoms with E-state index in [4.69, 9.17) is 22.1 Å². The van der Waals surface area contributed by atoms with Gasteiger partial charge in [0.15, 0.2) is 5.75 Å². The predicted molar refractivity (Wildman–Crippen MR) is 78.0 cm³/mol. The minimum absolute atomic E-state index is 0.504. The molecule has 3 heteroatoms. The molecule has 0 atom stereocenters. The van der Waals surface area contributed by atoms with Crippen molar-refractivity contribution in [1.29, 1.82) is 0 Å². The summed E-state index contributed by atoms with van der Waals surface area (Å²) in [6.07, 6.45) is 3.64. The van der Waals surface area contributed by atoms with Crippen molar-refractivity contribution in [2.75, 3.05) is 5.73 Å². The zero-order valence-corrected chi connectivity index (χ0v) is 10.9. The summed E-state index contributed by atoms with van der Waals surface area (Å²) in [5, 5.41) is 2.41. The average molecular weight is 260 g/mol. The summed E-state index contributed by atoms with van der Waals surface area (Å²) in [5.41, 5.74) is 6.46. The number of hydrogen-bond acceptors (Lipinski definition) is 2. The third-order valence-corrected chi connectivity index (χ3v) is 2.87. The van der Waals surface area contributed by atoms with E-state index in [1.54, 1.807) is 12.1 Å². The fourth-order valence-corrected chi connectivity index (χ4v) is 2.07. The fourth-order valence-electron chi connectivity index (χ4n) is 1.79. The van der Waals surface area contributed by atoms with Gasteiger partial charge in [0.1, 0.15) is 5.76 Å². The first-order chi connectivity index (χ1) is 8.63. The van der Waals surface area contributed by atoms with Gasteiger partial charge in [-0.2, -0.15) is 0 Å². The van der Waals surface area contributed by atoms with Crippen LogP contribution in [0.2, 0.25) is 5.02 Å².